The Morgan fingerprint density at radius 3 is 2.22 bits per heavy atom. The molecule has 0 saturated heterocycles. The molecule has 4 aromatic rings. The van der Waals surface area contributed by atoms with Gasteiger partial charge in [-0.15, -0.1) is 0 Å². The third-order valence-electron chi connectivity index (χ3n) is 5.45. The van der Waals surface area contributed by atoms with Crippen molar-refractivity contribution in [3.63, 3.8) is 0 Å². The average Bonchev–Trinajstić information content (AvgIpc) is 3.36. The first kappa shape index (κ1) is 25.3. The zero-order chi connectivity index (χ0) is 25.7. The van der Waals surface area contributed by atoms with E-state index in [2.05, 4.69) is 0 Å². The van der Waals surface area contributed by atoms with Crippen LogP contribution in [0.25, 0.3) is 16.3 Å². The Morgan fingerprint density at radius 1 is 0.944 bits per heavy atom. The second-order valence-electron chi connectivity index (χ2n) is 7.63. The molecule has 186 valence electrons. The molecule has 0 aliphatic heterocycles. The van der Waals surface area contributed by atoms with Gasteiger partial charge >= 0.3 is 0 Å². The van der Waals surface area contributed by atoms with Gasteiger partial charge in [-0.2, -0.15) is 0 Å². The second-order valence-corrected chi connectivity index (χ2v) is 9.01. The van der Waals surface area contributed by atoms with Crippen LogP contribution in [0.5, 0.6) is 23.0 Å². The van der Waals surface area contributed by atoms with Crippen LogP contribution in [0.2, 0.25) is 5.02 Å². The van der Waals surface area contributed by atoms with E-state index < -0.39 is 0 Å². The Morgan fingerprint density at radius 2 is 1.61 bits per heavy atom. The highest BCUT2D eigenvalue weighted by Crippen LogP contribution is 2.40. The molecule has 1 heterocycles. The first-order valence-electron chi connectivity index (χ1n) is 11.0. The van der Waals surface area contributed by atoms with E-state index in [0.29, 0.717) is 50.8 Å². The second kappa shape index (κ2) is 11.3. The number of ether oxygens (including phenoxy) is 4. The van der Waals surface area contributed by atoms with E-state index in [1.165, 1.54) is 17.4 Å². The molecule has 0 saturated carbocycles. The van der Waals surface area contributed by atoms with E-state index >= 15 is 0 Å². The van der Waals surface area contributed by atoms with E-state index in [-0.39, 0.29) is 5.91 Å². The third kappa shape index (κ3) is 5.24. The van der Waals surface area contributed by atoms with Gasteiger partial charge in [0.2, 0.25) is 5.75 Å². The van der Waals surface area contributed by atoms with Crippen LogP contribution in [0.15, 0.2) is 60.7 Å². The minimum atomic E-state index is -0.248. The number of amides is 1. The zero-order valence-electron chi connectivity index (χ0n) is 20.3. The molecule has 3 aromatic carbocycles. The maximum Gasteiger partial charge on any atom is 0.253 e. The molecule has 0 fully saturated rings. The molecule has 4 rings (SSSR count). The Balaban J connectivity index is 1.73. The van der Waals surface area contributed by atoms with Gasteiger partial charge in [0, 0.05) is 6.08 Å². The summed E-state index contributed by atoms with van der Waals surface area (Å²) in [5, 5.41) is 1.06. The Hall–Kier alpha value is -3.75. The third-order valence-corrected chi connectivity index (χ3v) is 6.99. The van der Waals surface area contributed by atoms with E-state index in [4.69, 9.17) is 35.5 Å². The number of carbonyl (C=O) groups is 1. The van der Waals surface area contributed by atoms with Crippen LogP contribution in [0.3, 0.4) is 0 Å². The molecular weight excluding hydrogens is 500 g/mol. The van der Waals surface area contributed by atoms with Crippen molar-refractivity contribution in [3.05, 3.63) is 76.8 Å². The van der Waals surface area contributed by atoms with Crippen molar-refractivity contribution < 1.29 is 23.7 Å². The van der Waals surface area contributed by atoms with Gasteiger partial charge in [-0.05, 0) is 41.5 Å². The summed E-state index contributed by atoms with van der Waals surface area (Å²) in [7, 11) is 6.21. The van der Waals surface area contributed by atoms with Crippen LogP contribution in [-0.4, -0.2) is 39.3 Å². The van der Waals surface area contributed by atoms with Gasteiger partial charge in [0.25, 0.3) is 5.91 Å². The SMILES string of the molecule is COc1cc(/C=C/C(=O)N(Cc2ccccc2)c2nc3c(OC)ccc(Cl)c3s2)cc(OC)c1OC. The van der Waals surface area contributed by atoms with Crippen molar-refractivity contribution in [1.82, 2.24) is 4.98 Å². The van der Waals surface area contributed by atoms with E-state index in [0.717, 1.165) is 10.3 Å². The Labute approximate surface area is 218 Å². The minimum absolute atomic E-state index is 0.248. The van der Waals surface area contributed by atoms with Crippen LogP contribution >= 0.6 is 22.9 Å². The summed E-state index contributed by atoms with van der Waals surface area (Å²) < 4.78 is 22.4. The highest BCUT2D eigenvalue weighted by Gasteiger charge is 2.21. The highest BCUT2D eigenvalue weighted by atomic mass is 35.5. The normalized spacial score (nSPS) is 11.0. The number of hydrogen-bond donors (Lipinski definition) is 0. The fourth-order valence-corrected chi connectivity index (χ4v) is 4.94. The molecule has 0 aliphatic carbocycles. The molecule has 0 atom stereocenters. The molecule has 1 aromatic heterocycles. The van der Waals surface area contributed by atoms with Crippen molar-refractivity contribution in [3.8, 4) is 23.0 Å². The monoisotopic (exact) mass is 524 g/mol. The standard InChI is InChI=1S/C27H25ClN2O5S/c1-32-20-12-11-19(28)26-24(20)29-27(36-26)30(16-17-8-6-5-7-9-17)23(31)13-10-18-14-21(33-2)25(35-4)22(15-18)34-3/h5-15H,16H2,1-4H3/b13-10+. The van der Waals surface area contributed by atoms with Crippen LogP contribution < -0.4 is 23.8 Å². The van der Waals surface area contributed by atoms with Gasteiger partial charge in [-0.1, -0.05) is 53.3 Å². The van der Waals surface area contributed by atoms with E-state index in [1.54, 1.807) is 63.7 Å². The lowest BCUT2D eigenvalue weighted by atomic mass is 10.1. The summed E-state index contributed by atoms with van der Waals surface area (Å²) in [6, 6.07) is 16.8. The molecule has 0 N–H and O–H groups in total. The predicted octanol–water partition coefficient (Wildman–Crippen LogP) is 6.23. The van der Waals surface area contributed by atoms with Gasteiger partial charge < -0.3 is 18.9 Å². The number of halogens is 1. The number of nitrogens with zero attached hydrogens (tertiary/aromatic N) is 2. The van der Waals surface area contributed by atoms with Crippen LogP contribution in [0.4, 0.5) is 5.13 Å². The van der Waals surface area contributed by atoms with Crippen molar-refractivity contribution in [2.45, 2.75) is 6.54 Å². The quantitative estimate of drug-likeness (QED) is 0.242. The number of rotatable bonds is 9. The van der Waals surface area contributed by atoms with Crippen molar-refractivity contribution >= 4 is 50.3 Å². The first-order chi connectivity index (χ1) is 17.5. The molecule has 0 bridgehead atoms. The number of carbonyl (C=O) groups excluding carboxylic acids is 1. The van der Waals surface area contributed by atoms with Gasteiger partial charge in [0.05, 0.1) is 44.7 Å². The topological polar surface area (TPSA) is 70.1 Å². The highest BCUT2D eigenvalue weighted by molar-refractivity contribution is 7.23. The van der Waals surface area contributed by atoms with Crippen molar-refractivity contribution in [1.29, 1.82) is 0 Å². The lowest BCUT2D eigenvalue weighted by molar-refractivity contribution is -0.114. The van der Waals surface area contributed by atoms with Crippen LogP contribution in [0, 0.1) is 0 Å². The molecule has 1 amide bonds. The summed E-state index contributed by atoms with van der Waals surface area (Å²) in [6.45, 7) is 0.332. The molecule has 7 nitrogen and oxygen atoms in total. The number of hydrogen-bond acceptors (Lipinski definition) is 7. The fourth-order valence-electron chi connectivity index (χ4n) is 3.68. The van der Waals surface area contributed by atoms with Gasteiger partial charge in [0.1, 0.15) is 11.3 Å². The number of benzene rings is 3. The summed E-state index contributed by atoms with van der Waals surface area (Å²) in [5.74, 6) is 1.82. The maximum absolute atomic E-state index is 13.5. The predicted molar refractivity (Wildman–Crippen MR) is 144 cm³/mol. The Kier molecular flexibility index (Phi) is 7.97. The van der Waals surface area contributed by atoms with Crippen molar-refractivity contribution in [2.24, 2.45) is 0 Å². The number of anilines is 1. The average molecular weight is 525 g/mol. The van der Waals surface area contributed by atoms with Gasteiger partial charge in [0.15, 0.2) is 16.6 Å². The van der Waals surface area contributed by atoms with Gasteiger partial charge in [-0.3, -0.25) is 9.69 Å². The lowest BCUT2D eigenvalue weighted by Crippen LogP contribution is -2.28. The largest absolute Gasteiger partial charge is 0.494 e. The first-order valence-corrected chi connectivity index (χ1v) is 12.1. The zero-order valence-corrected chi connectivity index (χ0v) is 21.9. The number of fused-ring (bicyclic) bond motifs is 1. The van der Waals surface area contributed by atoms with E-state index in [1.807, 2.05) is 30.3 Å². The van der Waals surface area contributed by atoms with E-state index in [9.17, 15) is 4.79 Å². The lowest BCUT2D eigenvalue weighted by Gasteiger charge is -2.18. The minimum Gasteiger partial charge on any atom is -0.494 e. The van der Waals surface area contributed by atoms with Gasteiger partial charge in [-0.25, -0.2) is 4.98 Å². The summed E-state index contributed by atoms with van der Waals surface area (Å²) in [6.07, 6.45) is 3.19. The number of aromatic nitrogens is 1. The van der Waals surface area contributed by atoms with Crippen LogP contribution in [0.1, 0.15) is 11.1 Å². The molecule has 36 heavy (non-hydrogen) atoms. The van der Waals surface area contributed by atoms with Crippen molar-refractivity contribution in [2.75, 3.05) is 33.3 Å². The van der Waals surface area contributed by atoms with Crippen LogP contribution in [-0.2, 0) is 11.3 Å². The number of thiazole rings is 1. The molecule has 0 aliphatic rings. The molecule has 0 unspecified atom stereocenters. The molecule has 0 radical (unpaired) electrons. The molecule has 9 heteroatoms. The maximum atomic E-state index is 13.5. The molecular formula is C27H25ClN2O5S. The Bertz CT molecular complexity index is 1380. The summed E-state index contributed by atoms with van der Waals surface area (Å²) in [4.78, 5) is 19.9. The summed E-state index contributed by atoms with van der Waals surface area (Å²) >= 11 is 7.77. The molecule has 0 spiro atoms. The summed E-state index contributed by atoms with van der Waals surface area (Å²) in [5.41, 5.74) is 2.29. The smallest absolute Gasteiger partial charge is 0.253 e. The number of methoxy groups -OCH3 is 4. The fraction of sp³-hybridized carbons (Fsp3) is 0.185.